The summed E-state index contributed by atoms with van der Waals surface area (Å²) >= 11 is 0. The monoisotopic (exact) mass is 296 g/mol. The molecule has 1 atom stereocenters. The normalized spacial score (nSPS) is 22.6. The van der Waals surface area contributed by atoms with E-state index in [-0.39, 0.29) is 42.5 Å². The van der Waals surface area contributed by atoms with E-state index < -0.39 is 6.04 Å². The molecule has 0 radical (unpaired) electrons. The maximum atomic E-state index is 12.5. The molecule has 0 aromatic rings. The molecule has 2 aliphatic heterocycles. The van der Waals surface area contributed by atoms with Gasteiger partial charge in [-0.25, -0.2) is 5.43 Å². The molecule has 2 heterocycles. The summed E-state index contributed by atoms with van der Waals surface area (Å²) in [5, 5.41) is 6.58. The highest BCUT2D eigenvalue weighted by Crippen LogP contribution is 2.12. The molecule has 0 aromatic carbocycles. The zero-order valence-electron chi connectivity index (χ0n) is 12.2. The van der Waals surface area contributed by atoms with E-state index in [4.69, 9.17) is 4.74 Å². The molecule has 1 saturated heterocycles. The number of hydrogen-bond donors (Lipinski definition) is 2. The zero-order chi connectivity index (χ0) is 15.4. The number of morpholine rings is 1. The molecule has 2 N–H and O–H groups in total. The van der Waals surface area contributed by atoms with Gasteiger partial charge in [0.05, 0.1) is 13.2 Å². The Morgan fingerprint density at radius 3 is 2.81 bits per heavy atom. The molecule has 0 saturated carbocycles. The molecule has 0 bridgehead atoms. The SMILES string of the molecule is CC(C)NC(=O)C1COCCN1C(=O)C1=NNC(=O)CC1. The van der Waals surface area contributed by atoms with E-state index in [2.05, 4.69) is 15.8 Å². The van der Waals surface area contributed by atoms with Crippen molar-refractivity contribution in [2.24, 2.45) is 5.10 Å². The summed E-state index contributed by atoms with van der Waals surface area (Å²) in [6.45, 7) is 4.60. The number of amides is 3. The Labute approximate surface area is 122 Å². The molecule has 21 heavy (non-hydrogen) atoms. The molecule has 8 nitrogen and oxygen atoms in total. The van der Waals surface area contributed by atoms with Crippen molar-refractivity contribution in [2.45, 2.75) is 38.8 Å². The lowest BCUT2D eigenvalue weighted by atomic mass is 10.1. The van der Waals surface area contributed by atoms with Gasteiger partial charge in [0.25, 0.3) is 5.91 Å². The van der Waals surface area contributed by atoms with E-state index in [0.717, 1.165) is 0 Å². The van der Waals surface area contributed by atoms with E-state index >= 15 is 0 Å². The predicted molar refractivity (Wildman–Crippen MR) is 74.4 cm³/mol. The summed E-state index contributed by atoms with van der Waals surface area (Å²) in [6.07, 6.45) is 0.526. The number of ether oxygens (including phenoxy) is 1. The number of nitrogens with one attached hydrogen (secondary N) is 2. The lowest BCUT2D eigenvalue weighted by Crippen LogP contribution is -2.58. The van der Waals surface area contributed by atoms with E-state index in [1.165, 1.54) is 4.90 Å². The van der Waals surface area contributed by atoms with Crippen LogP contribution < -0.4 is 10.7 Å². The molecular weight excluding hydrogens is 276 g/mol. The fourth-order valence-corrected chi connectivity index (χ4v) is 2.24. The second-order valence-corrected chi connectivity index (χ2v) is 5.35. The Balaban J connectivity index is 2.09. The van der Waals surface area contributed by atoms with Crippen molar-refractivity contribution in [3.05, 3.63) is 0 Å². The van der Waals surface area contributed by atoms with Crippen molar-refractivity contribution in [3.63, 3.8) is 0 Å². The Morgan fingerprint density at radius 1 is 1.43 bits per heavy atom. The first-order chi connectivity index (χ1) is 9.99. The Bertz CT molecular complexity index is 475. The van der Waals surface area contributed by atoms with Gasteiger partial charge in [-0.1, -0.05) is 0 Å². The number of nitrogens with zero attached hydrogens (tertiary/aromatic N) is 2. The van der Waals surface area contributed by atoms with Crippen LogP contribution >= 0.6 is 0 Å². The summed E-state index contributed by atoms with van der Waals surface area (Å²) in [7, 11) is 0. The standard InChI is InChI=1S/C13H20N4O4/c1-8(2)14-12(19)10-7-21-6-5-17(10)13(20)9-3-4-11(18)16-15-9/h8,10H,3-7H2,1-2H3,(H,14,19)(H,16,18). The molecule has 8 heteroatoms. The van der Waals surface area contributed by atoms with E-state index in [0.29, 0.717) is 19.6 Å². The van der Waals surface area contributed by atoms with Crippen LogP contribution in [0, 0.1) is 0 Å². The first-order valence-electron chi connectivity index (χ1n) is 7.03. The third-order valence-electron chi connectivity index (χ3n) is 3.27. The lowest BCUT2D eigenvalue weighted by molar-refractivity contribution is -0.144. The minimum atomic E-state index is -0.658. The number of hydrazone groups is 1. The first kappa shape index (κ1) is 15.4. The third-order valence-corrected chi connectivity index (χ3v) is 3.27. The van der Waals surface area contributed by atoms with Gasteiger partial charge in [-0.3, -0.25) is 14.4 Å². The largest absolute Gasteiger partial charge is 0.377 e. The van der Waals surface area contributed by atoms with E-state index in [9.17, 15) is 14.4 Å². The maximum absolute atomic E-state index is 12.5. The average Bonchev–Trinajstić information content (AvgIpc) is 2.46. The van der Waals surface area contributed by atoms with Gasteiger partial charge in [-0.2, -0.15) is 5.10 Å². The molecular formula is C13H20N4O4. The fourth-order valence-electron chi connectivity index (χ4n) is 2.24. The second-order valence-electron chi connectivity index (χ2n) is 5.35. The number of rotatable bonds is 3. The smallest absolute Gasteiger partial charge is 0.270 e. The molecule has 3 amide bonds. The van der Waals surface area contributed by atoms with Gasteiger partial charge in [-0.05, 0) is 13.8 Å². The molecule has 0 aromatic heterocycles. The molecule has 116 valence electrons. The van der Waals surface area contributed by atoms with Crippen molar-refractivity contribution in [1.82, 2.24) is 15.6 Å². The van der Waals surface area contributed by atoms with Gasteiger partial charge in [0.15, 0.2) is 0 Å². The molecule has 0 spiro atoms. The van der Waals surface area contributed by atoms with Gasteiger partial charge in [-0.15, -0.1) is 0 Å². The van der Waals surface area contributed by atoms with Crippen LogP contribution in [0.3, 0.4) is 0 Å². The molecule has 1 unspecified atom stereocenters. The Kier molecular flexibility index (Phi) is 4.89. The van der Waals surface area contributed by atoms with Crippen molar-refractivity contribution >= 4 is 23.4 Å². The van der Waals surface area contributed by atoms with Crippen molar-refractivity contribution < 1.29 is 19.1 Å². The van der Waals surface area contributed by atoms with Crippen LogP contribution in [0.4, 0.5) is 0 Å². The van der Waals surface area contributed by atoms with Gasteiger partial charge in [0.1, 0.15) is 11.8 Å². The summed E-state index contributed by atoms with van der Waals surface area (Å²) in [6, 6.07) is -0.670. The van der Waals surface area contributed by atoms with Crippen LogP contribution in [0.1, 0.15) is 26.7 Å². The highest BCUT2D eigenvalue weighted by atomic mass is 16.5. The highest BCUT2D eigenvalue weighted by Gasteiger charge is 2.35. The molecule has 0 aliphatic carbocycles. The van der Waals surface area contributed by atoms with Gasteiger partial charge in [0.2, 0.25) is 11.8 Å². The van der Waals surface area contributed by atoms with Crippen molar-refractivity contribution in [2.75, 3.05) is 19.8 Å². The van der Waals surface area contributed by atoms with Crippen LogP contribution in [-0.2, 0) is 19.1 Å². The van der Waals surface area contributed by atoms with Gasteiger partial charge < -0.3 is 15.0 Å². The average molecular weight is 296 g/mol. The van der Waals surface area contributed by atoms with Gasteiger partial charge in [0, 0.05) is 25.4 Å². The van der Waals surface area contributed by atoms with Crippen LogP contribution in [0.5, 0.6) is 0 Å². The van der Waals surface area contributed by atoms with Crippen LogP contribution in [0.15, 0.2) is 5.10 Å². The summed E-state index contributed by atoms with van der Waals surface area (Å²) in [4.78, 5) is 37.2. The zero-order valence-corrected chi connectivity index (χ0v) is 12.2. The quantitative estimate of drug-likeness (QED) is 0.698. The minimum absolute atomic E-state index is 0.0114. The van der Waals surface area contributed by atoms with Gasteiger partial charge >= 0.3 is 0 Å². The van der Waals surface area contributed by atoms with Crippen LogP contribution in [-0.4, -0.2) is 60.2 Å². The van der Waals surface area contributed by atoms with E-state index in [1.54, 1.807) is 0 Å². The Hall–Kier alpha value is -1.96. The van der Waals surface area contributed by atoms with Crippen molar-refractivity contribution in [1.29, 1.82) is 0 Å². The lowest BCUT2D eigenvalue weighted by Gasteiger charge is -2.35. The summed E-state index contributed by atoms with van der Waals surface area (Å²) < 4.78 is 5.31. The molecule has 2 aliphatic rings. The van der Waals surface area contributed by atoms with Crippen LogP contribution in [0.2, 0.25) is 0 Å². The molecule has 2 rings (SSSR count). The second kappa shape index (κ2) is 6.66. The predicted octanol–water partition coefficient (Wildman–Crippen LogP) is -0.996. The number of hydrogen-bond acceptors (Lipinski definition) is 5. The van der Waals surface area contributed by atoms with E-state index in [1.807, 2.05) is 13.8 Å². The fraction of sp³-hybridized carbons (Fsp3) is 0.692. The minimum Gasteiger partial charge on any atom is -0.377 e. The number of carbonyl (C=O) groups excluding carboxylic acids is 3. The first-order valence-corrected chi connectivity index (χ1v) is 7.03. The van der Waals surface area contributed by atoms with Crippen molar-refractivity contribution in [3.8, 4) is 0 Å². The Morgan fingerprint density at radius 2 is 2.19 bits per heavy atom. The summed E-state index contributed by atoms with van der Waals surface area (Å²) in [5.74, 6) is -0.761. The third kappa shape index (κ3) is 3.78. The van der Waals surface area contributed by atoms with Crippen LogP contribution in [0.25, 0.3) is 0 Å². The summed E-state index contributed by atoms with van der Waals surface area (Å²) in [5.41, 5.74) is 2.57. The maximum Gasteiger partial charge on any atom is 0.270 e. The highest BCUT2D eigenvalue weighted by molar-refractivity contribution is 6.39. The molecule has 1 fully saturated rings. The topological polar surface area (TPSA) is 100 Å². The number of carbonyl (C=O) groups is 3.